The fourth-order valence-electron chi connectivity index (χ4n) is 5.62. The number of benzene rings is 1. The second-order valence-corrected chi connectivity index (χ2v) is 8.37. The molecule has 0 aliphatic heterocycles. The Labute approximate surface area is 134 Å². The van der Waals surface area contributed by atoms with Crippen molar-refractivity contribution < 1.29 is 4.74 Å². The van der Waals surface area contributed by atoms with Crippen molar-refractivity contribution in [1.82, 2.24) is 5.32 Å². The van der Waals surface area contributed by atoms with Gasteiger partial charge in [-0.15, -0.1) is 0 Å². The number of hydrogen-bond acceptors (Lipinski definition) is 2. The van der Waals surface area contributed by atoms with Crippen molar-refractivity contribution in [3.05, 3.63) is 29.8 Å². The third-order valence-corrected chi connectivity index (χ3v) is 5.98. The number of hydrogen-bond donors (Lipinski definition) is 1. The molecule has 0 saturated heterocycles. The van der Waals surface area contributed by atoms with Crippen molar-refractivity contribution in [2.75, 3.05) is 0 Å². The van der Waals surface area contributed by atoms with Crippen molar-refractivity contribution in [3.63, 3.8) is 0 Å². The third-order valence-electron chi connectivity index (χ3n) is 5.98. The number of rotatable bonds is 5. The van der Waals surface area contributed by atoms with Gasteiger partial charge < -0.3 is 10.1 Å². The molecule has 4 fully saturated rings. The summed E-state index contributed by atoms with van der Waals surface area (Å²) >= 11 is 0. The first-order valence-electron chi connectivity index (χ1n) is 9.11. The summed E-state index contributed by atoms with van der Waals surface area (Å²) in [6, 6.07) is 8.61. The molecule has 2 heteroatoms. The van der Waals surface area contributed by atoms with Crippen molar-refractivity contribution in [3.8, 4) is 5.75 Å². The number of nitrogens with one attached hydrogen (secondary N) is 1. The van der Waals surface area contributed by atoms with E-state index in [2.05, 4.69) is 43.4 Å². The van der Waals surface area contributed by atoms with Gasteiger partial charge in [0.05, 0.1) is 6.10 Å². The van der Waals surface area contributed by atoms with E-state index in [0.29, 0.717) is 5.54 Å². The Kier molecular flexibility index (Phi) is 3.68. The van der Waals surface area contributed by atoms with Crippen LogP contribution in [-0.4, -0.2) is 11.6 Å². The van der Waals surface area contributed by atoms with Gasteiger partial charge in [0.25, 0.3) is 0 Å². The summed E-state index contributed by atoms with van der Waals surface area (Å²) in [7, 11) is 0. The van der Waals surface area contributed by atoms with Crippen LogP contribution < -0.4 is 10.1 Å². The molecule has 0 heterocycles. The first-order chi connectivity index (χ1) is 10.6. The molecule has 0 spiro atoms. The largest absolute Gasteiger partial charge is 0.491 e. The molecule has 0 aromatic heterocycles. The lowest BCUT2D eigenvalue weighted by atomic mass is 9.53. The van der Waals surface area contributed by atoms with E-state index in [4.69, 9.17) is 4.74 Å². The SMILES string of the molecule is CC(C)Oc1cccc(CNC23CC4CC(CC(C4)C2)C3)c1. The zero-order chi connectivity index (χ0) is 15.2. The van der Waals surface area contributed by atoms with Gasteiger partial charge in [0.15, 0.2) is 0 Å². The van der Waals surface area contributed by atoms with Gasteiger partial charge in [-0.2, -0.15) is 0 Å². The molecule has 1 aromatic carbocycles. The van der Waals surface area contributed by atoms with Gasteiger partial charge >= 0.3 is 0 Å². The fourth-order valence-corrected chi connectivity index (χ4v) is 5.62. The Morgan fingerprint density at radius 3 is 2.32 bits per heavy atom. The topological polar surface area (TPSA) is 21.3 Å². The smallest absolute Gasteiger partial charge is 0.120 e. The van der Waals surface area contributed by atoms with Crippen molar-refractivity contribution in [1.29, 1.82) is 0 Å². The molecule has 2 nitrogen and oxygen atoms in total. The summed E-state index contributed by atoms with van der Waals surface area (Å²) in [4.78, 5) is 0. The predicted molar refractivity (Wildman–Crippen MR) is 89.9 cm³/mol. The van der Waals surface area contributed by atoms with E-state index in [1.165, 1.54) is 44.1 Å². The molecule has 22 heavy (non-hydrogen) atoms. The minimum atomic E-state index is 0.242. The third kappa shape index (κ3) is 2.90. The van der Waals surface area contributed by atoms with E-state index in [0.717, 1.165) is 30.0 Å². The highest BCUT2D eigenvalue weighted by Gasteiger charge is 2.50. The average Bonchev–Trinajstić information content (AvgIpc) is 2.43. The van der Waals surface area contributed by atoms with Crippen molar-refractivity contribution >= 4 is 0 Å². The minimum absolute atomic E-state index is 0.242. The molecule has 0 amide bonds. The van der Waals surface area contributed by atoms with Gasteiger partial charge in [-0.3, -0.25) is 0 Å². The van der Waals surface area contributed by atoms with Crippen LogP contribution in [-0.2, 0) is 6.54 Å². The van der Waals surface area contributed by atoms with Crippen LogP contribution in [0.2, 0.25) is 0 Å². The molecule has 1 aromatic rings. The van der Waals surface area contributed by atoms with Gasteiger partial charge in [0.2, 0.25) is 0 Å². The zero-order valence-electron chi connectivity index (χ0n) is 14.0. The zero-order valence-corrected chi connectivity index (χ0v) is 14.0. The maximum Gasteiger partial charge on any atom is 0.120 e. The van der Waals surface area contributed by atoms with Crippen LogP contribution in [0.15, 0.2) is 24.3 Å². The van der Waals surface area contributed by atoms with E-state index >= 15 is 0 Å². The second kappa shape index (κ2) is 5.56. The van der Waals surface area contributed by atoms with Crippen LogP contribution >= 0.6 is 0 Å². The summed E-state index contributed by atoms with van der Waals surface area (Å²) in [6.45, 7) is 5.15. The fraction of sp³-hybridized carbons (Fsp3) is 0.700. The van der Waals surface area contributed by atoms with Crippen LogP contribution in [0.5, 0.6) is 5.75 Å². The first kappa shape index (κ1) is 14.6. The molecule has 120 valence electrons. The van der Waals surface area contributed by atoms with Crippen LogP contribution in [0.4, 0.5) is 0 Å². The molecule has 0 atom stereocenters. The molecular weight excluding hydrogens is 270 g/mol. The lowest BCUT2D eigenvalue weighted by Gasteiger charge is -2.57. The average molecular weight is 299 g/mol. The Balaban J connectivity index is 1.42. The Morgan fingerprint density at radius 1 is 1.09 bits per heavy atom. The molecule has 0 unspecified atom stereocenters. The Bertz CT molecular complexity index is 501. The van der Waals surface area contributed by atoms with E-state index in [-0.39, 0.29) is 6.10 Å². The number of ether oxygens (including phenoxy) is 1. The van der Waals surface area contributed by atoms with Gasteiger partial charge in [-0.05, 0) is 87.8 Å². The van der Waals surface area contributed by atoms with Crippen LogP contribution in [0, 0.1) is 17.8 Å². The summed E-state index contributed by atoms with van der Waals surface area (Å²) in [5.41, 5.74) is 1.80. The van der Waals surface area contributed by atoms with Crippen LogP contribution in [0.25, 0.3) is 0 Å². The highest BCUT2D eigenvalue weighted by atomic mass is 16.5. The molecule has 5 rings (SSSR count). The molecular formula is C20H29NO. The highest BCUT2D eigenvalue weighted by molar-refractivity contribution is 5.29. The summed E-state index contributed by atoms with van der Waals surface area (Å²) in [5.74, 6) is 4.03. The monoisotopic (exact) mass is 299 g/mol. The van der Waals surface area contributed by atoms with Gasteiger partial charge in [-0.25, -0.2) is 0 Å². The van der Waals surface area contributed by atoms with E-state index in [9.17, 15) is 0 Å². The maximum atomic E-state index is 5.82. The summed E-state index contributed by atoms with van der Waals surface area (Å²) in [6.07, 6.45) is 9.03. The lowest BCUT2D eigenvalue weighted by molar-refractivity contribution is -0.0206. The van der Waals surface area contributed by atoms with Gasteiger partial charge in [-0.1, -0.05) is 12.1 Å². The first-order valence-corrected chi connectivity index (χ1v) is 9.11. The maximum absolute atomic E-state index is 5.82. The van der Waals surface area contributed by atoms with E-state index in [1.807, 2.05) is 0 Å². The summed E-state index contributed by atoms with van der Waals surface area (Å²) in [5, 5.41) is 3.97. The molecule has 1 N–H and O–H groups in total. The second-order valence-electron chi connectivity index (χ2n) is 8.37. The minimum Gasteiger partial charge on any atom is -0.491 e. The molecule has 4 bridgehead atoms. The lowest BCUT2D eigenvalue weighted by Crippen LogP contribution is -2.58. The Hall–Kier alpha value is -1.02. The van der Waals surface area contributed by atoms with Gasteiger partial charge in [0, 0.05) is 12.1 Å². The Morgan fingerprint density at radius 2 is 1.73 bits per heavy atom. The quantitative estimate of drug-likeness (QED) is 0.862. The van der Waals surface area contributed by atoms with E-state index in [1.54, 1.807) is 0 Å². The van der Waals surface area contributed by atoms with Crippen molar-refractivity contribution in [2.45, 2.75) is 70.6 Å². The molecule has 0 radical (unpaired) electrons. The highest BCUT2D eigenvalue weighted by Crippen LogP contribution is 2.55. The molecule has 4 aliphatic carbocycles. The predicted octanol–water partition coefficient (Wildman–Crippen LogP) is 4.53. The van der Waals surface area contributed by atoms with Crippen LogP contribution in [0.3, 0.4) is 0 Å². The molecule has 4 aliphatic rings. The van der Waals surface area contributed by atoms with Crippen LogP contribution in [0.1, 0.15) is 57.9 Å². The molecule has 4 saturated carbocycles. The normalized spacial score (nSPS) is 36.0. The van der Waals surface area contributed by atoms with E-state index < -0.39 is 0 Å². The standard InChI is InChI=1S/C20H29NO/c1-14(2)22-19-5-3-4-15(9-19)13-21-20-10-16-6-17(11-20)8-18(7-16)12-20/h3-5,9,14,16-18,21H,6-8,10-13H2,1-2H3. The van der Waals surface area contributed by atoms with Gasteiger partial charge in [0.1, 0.15) is 5.75 Å². The summed E-state index contributed by atoms with van der Waals surface area (Å²) < 4.78 is 5.82. The van der Waals surface area contributed by atoms with Crippen molar-refractivity contribution in [2.24, 2.45) is 17.8 Å².